The molecule has 2 N–H and O–H groups in total. The van der Waals surface area contributed by atoms with Gasteiger partial charge in [0.2, 0.25) is 5.95 Å². The van der Waals surface area contributed by atoms with Crippen LogP contribution >= 0.6 is 11.6 Å². The van der Waals surface area contributed by atoms with Gasteiger partial charge in [-0.2, -0.15) is 4.39 Å². The standard InChI is InChI=1S/C15H12ClFN2O3/c16-10-5-2-1-4-9(10)12(8-14(20)21)19-15(22)11-6-3-7-13(17)18-11/h1-7,12H,8H2,(H,19,22)(H,20,21)/t12-/m0/s1. The Kier molecular flexibility index (Phi) is 5.06. The van der Waals surface area contributed by atoms with Crippen molar-refractivity contribution in [3.05, 3.63) is 64.7 Å². The van der Waals surface area contributed by atoms with E-state index in [-0.39, 0.29) is 12.1 Å². The van der Waals surface area contributed by atoms with Crippen LogP contribution in [0.4, 0.5) is 4.39 Å². The highest BCUT2D eigenvalue weighted by atomic mass is 35.5. The second kappa shape index (κ2) is 7.00. The molecule has 7 heteroatoms. The van der Waals surface area contributed by atoms with Crippen molar-refractivity contribution < 1.29 is 19.1 Å². The van der Waals surface area contributed by atoms with Gasteiger partial charge in [0.05, 0.1) is 12.5 Å². The fraction of sp³-hybridized carbons (Fsp3) is 0.133. The Morgan fingerprint density at radius 3 is 2.59 bits per heavy atom. The van der Waals surface area contributed by atoms with E-state index in [0.717, 1.165) is 6.07 Å². The lowest BCUT2D eigenvalue weighted by Crippen LogP contribution is -2.31. The minimum atomic E-state index is -1.10. The lowest BCUT2D eigenvalue weighted by molar-refractivity contribution is -0.137. The maximum absolute atomic E-state index is 13.1. The van der Waals surface area contributed by atoms with Gasteiger partial charge in [0.15, 0.2) is 0 Å². The monoisotopic (exact) mass is 322 g/mol. The van der Waals surface area contributed by atoms with Crippen LogP contribution in [0.5, 0.6) is 0 Å². The van der Waals surface area contributed by atoms with Gasteiger partial charge in [-0.25, -0.2) is 4.98 Å². The highest BCUT2D eigenvalue weighted by Gasteiger charge is 2.21. The zero-order chi connectivity index (χ0) is 16.1. The van der Waals surface area contributed by atoms with Crippen molar-refractivity contribution in [1.29, 1.82) is 0 Å². The van der Waals surface area contributed by atoms with Crippen LogP contribution in [0.25, 0.3) is 0 Å². The van der Waals surface area contributed by atoms with E-state index in [0.29, 0.717) is 10.6 Å². The van der Waals surface area contributed by atoms with Crippen LogP contribution in [0.15, 0.2) is 42.5 Å². The normalized spacial score (nSPS) is 11.7. The summed E-state index contributed by atoms with van der Waals surface area (Å²) in [5.41, 5.74) is 0.332. The van der Waals surface area contributed by atoms with Gasteiger partial charge < -0.3 is 10.4 Å². The molecule has 2 aromatic rings. The van der Waals surface area contributed by atoms with Crippen LogP contribution in [-0.2, 0) is 4.79 Å². The summed E-state index contributed by atoms with van der Waals surface area (Å²) in [5, 5.41) is 11.8. The van der Waals surface area contributed by atoms with Crippen LogP contribution in [0, 0.1) is 5.95 Å². The zero-order valence-corrected chi connectivity index (χ0v) is 12.0. The predicted molar refractivity (Wildman–Crippen MR) is 78.1 cm³/mol. The summed E-state index contributed by atoms with van der Waals surface area (Å²) in [6, 6.07) is 9.54. The molecule has 0 radical (unpaired) electrons. The van der Waals surface area contributed by atoms with Gasteiger partial charge in [0, 0.05) is 5.02 Å². The summed E-state index contributed by atoms with van der Waals surface area (Å²) in [4.78, 5) is 26.6. The molecule has 114 valence electrons. The zero-order valence-electron chi connectivity index (χ0n) is 11.3. The molecule has 0 saturated heterocycles. The van der Waals surface area contributed by atoms with Crippen molar-refractivity contribution >= 4 is 23.5 Å². The molecule has 22 heavy (non-hydrogen) atoms. The van der Waals surface area contributed by atoms with Gasteiger partial charge in [-0.05, 0) is 23.8 Å². The molecule has 0 bridgehead atoms. The third-order valence-electron chi connectivity index (χ3n) is 2.91. The number of carbonyl (C=O) groups is 2. The lowest BCUT2D eigenvalue weighted by Gasteiger charge is -2.18. The van der Waals surface area contributed by atoms with Crippen LogP contribution in [0.1, 0.15) is 28.5 Å². The third kappa shape index (κ3) is 4.02. The molecule has 0 saturated carbocycles. The molecule has 5 nitrogen and oxygen atoms in total. The van der Waals surface area contributed by atoms with Crippen molar-refractivity contribution in [3.8, 4) is 0 Å². The highest BCUT2D eigenvalue weighted by Crippen LogP contribution is 2.25. The Bertz CT molecular complexity index is 709. The number of halogens is 2. The van der Waals surface area contributed by atoms with Crippen molar-refractivity contribution in [3.63, 3.8) is 0 Å². The smallest absolute Gasteiger partial charge is 0.305 e. The summed E-state index contributed by atoms with van der Waals surface area (Å²) in [5.74, 6) is -2.57. The first kappa shape index (κ1) is 15.9. The Labute approximate surface area is 130 Å². The molecular weight excluding hydrogens is 311 g/mol. The molecule has 0 aliphatic rings. The number of carboxylic acids is 1. The molecular formula is C15H12ClFN2O3. The molecule has 1 heterocycles. The molecule has 0 fully saturated rings. The summed E-state index contributed by atoms with van der Waals surface area (Å²) in [6.45, 7) is 0. The number of amides is 1. The number of aromatic nitrogens is 1. The Morgan fingerprint density at radius 2 is 1.95 bits per heavy atom. The topological polar surface area (TPSA) is 79.3 Å². The fourth-order valence-corrected chi connectivity index (χ4v) is 2.21. The molecule has 1 amide bonds. The average molecular weight is 323 g/mol. The van der Waals surface area contributed by atoms with Crippen LogP contribution in [0.3, 0.4) is 0 Å². The Morgan fingerprint density at radius 1 is 1.23 bits per heavy atom. The van der Waals surface area contributed by atoms with Crippen LogP contribution in [-0.4, -0.2) is 22.0 Å². The average Bonchev–Trinajstić information content (AvgIpc) is 2.46. The number of aliphatic carboxylic acids is 1. The van der Waals surface area contributed by atoms with E-state index in [9.17, 15) is 14.0 Å². The van der Waals surface area contributed by atoms with Gasteiger partial charge in [-0.3, -0.25) is 9.59 Å². The number of carbonyl (C=O) groups excluding carboxylic acids is 1. The Balaban J connectivity index is 2.25. The first-order chi connectivity index (χ1) is 10.5. The molecule has 0 aliphatic heterocycles. The second-order valence-electron chi connectivity index (χ2n) is 4.49. The molecule has 0 aliphatic carbocycles. The van der Waals surface area contributed by atoms with E-state index in [1.807, 2.05) is 0 Å². The maximum atomic E-state index is 13.1. The van der Waals surface area contributed by atoms with E-state index in [1.165, 1.54) is 12.1 Å². The molecule has 1 atom stereocenters. The largest absolute Gasteiger partial charge is 0.481 e. The Hall–Kier alpha value is -2.47. The van der Waals surface area contributed by atoms with Crippen LogP contribution < -0.4 is 5.32 Å². The summed E-state index contributed by atoms with van der Waals surface area (Å²) in [7, 11) is 0. The van der Waals surface area contributed by atoms with E-state index in [2.05, 4.69) is 10.3 Å². The number of nitrogens with one attached hydrogen (secondary N) is 1. The van der Waals surface area contributed by atoms with E-state index in [1.54, 1.807) is 24.3 Å². The summed E-state index contributed by atoms with van der Waals surface area (Å²) in [6.07, 6.45) is -0.356. The van der Waals surface area contributed by atoms with Crippen molar-refractivity contribution in [2.24, 2.45) is 0 Å². The first-order valence-corrected chi connectivity index (χ1v) is 6.75. The number of hydrogen-bond acceptors (Lipinski definition) is 3. The van der Waals surface area contributed by atoms with E-state index >= 15 is 0 Å². The van der Waals surface area contributed by atoms with E-state index < -0.39 is 23.9 Å². The van der Waals surface area contributed by atoms with E-state index in [4.69, 9.17) is 16.7 Å². The van der Waals surface area contributed by atoms with Gasteiger partial charge >= 0.3 is 5.97 Å². The van der Waals surface area contributed by atoms with Gasteiger partial charge in [0.1, 0.15) is 5.69 Å². The fourth-order valence-electron chi connectivity index (χ4n) is 1.94. The van der Waals surface area contributed by atoms with Crippen molar-refractivity contribution in [2.45, 2.75) is 12.5 Å². The number of rotatable bonds is 5. The molecule has 0 spiro atoms. The number of carboxylic acid groups (broad SMARTS) is 1. The molecule has 2 rings (SSSR count). The summed E-state index contributed by atoms with van der Waals surface area (Å²) >= 11 is 6.04. The summed E-state index contributed by atoms with van der Waals surface area (Å²) < 4.78 is 13.1. The SMILES string of the molecule is O=C(O)C[C@H](NC(=O)c1cccc(F)n1)c1ccccc1Cl. The predicted octanol–water partition coefficient (Wildman–Crippen LogP) is 2.82. The van der Waals surface area contributed by atoms with Gasteiger partial charge in [0.25, 0.3) is 5.91 Å². The minimum Gasteiger partial charge on any atom is -0.481 e. The molecule has 1 aromatic heterocycles. The van der Waals surface area contributed by atoms with Gasteiger partial charge in [-0.15, -0.1) is 0 Å². The molecule has 0 unspecified atom stereocenters. The quantitative estimate of drug-likeness (QED) is 0.830. The second-order valence-corrected chi connectivity index (χ2v) is 4.90. The number of benzene rings is 1. The maximum Gasteiger partial charge on any atom is 0.305 e. The lowest BCUT2D eigenvalue weighted by atomic mass is 10.0. The number of nitrogens with zero attached hydrogens (tertiary/aromatic N) is 1. The minimum absolute atomic E-state index is 0.137. The van der Waals surface area contributed by atoms with Crippen molar-refractivity contribution in [1.82, 2.24) is 10.3 Å². The highest BCUT2D eigenvalue weighted by molar-refractivity contribution is 6.31. The van der Waals surface area contributed by atoms with Gasteiger partial charge in [-0.1, -0.05) is 35.9 Å². The number of pyridine rings is 1. The first-order valence-electron chi connectivity index (χ1n) is 6.37. The van der Waals surface area contributed by atoms with Crippen molar-refractivity contribution in [2.75, 3.05) is 0 Å². The third-order valence-corrected chi connectivity index (χ3v) is 3.26. The van der Waals surface area contributed by atoms with Crippen LogP contribution in [0.2, 0.25) is 5.02 Å². The molecule has 1 aromatic carbocycles. The number of hydrogen-bond donors (Lipinski definition) is 2.